The first-order valence-corrected chi connectivity index (χ1v) is 5.62. The van der Waals surface area contributed by atoms with Crippen molar-refractivity contribution < 1.29 is 14.3 Å². The molecule has 0 aromatic heterocycles. The van der Waals surface area contributed by atoms with Crippen LogP contribution in [-0.2, 0) is 14.3 Å². The Hall–Kier alpha value is -2.23. The molecule has 0 spiro atoms. The van der Waals surface area contributed by atoms with Crippen molar-refractivity contribution >= 4 is 23.2 Å². The van der Waals surface area contributed by atoms with E-state index in [4.69, 9.17) is 4.74 Å². The zero-order valence-electron chi connectivity index (χ0n) is 10.2. The van der Waals surface area contributed by atoms with E-state index in [0.717, 1.165) is 0 Å². The number of carbonyl (C=O) groups excluding carboxylic acids is 2. The predicted octanol–water partition coefficient (Wildman–Crippen LogP) is 2.42. The van der Waals surface area contributed by atoms with E-state index in [1.165, 1.54) is 6.08 Å². The van der Waals surface area contributed by atoms with Gasteiger partial charge in [-0.1, -0.05) is 18.2 Å². The SMILES string of the molecule is CC1=CC(=O)[C@H](C(C)=Nc2ccccc2)C(=O)O1. The van der Waals surface area contributed by atoms with Crippen molar-refractivity contribution in [2.24, 2.45) is 10.9 Å². The molecule has 0 unspecified atom stereocenters. The van der Waals surface area contributed by atoms with Gasteiger partial charge in [0.2, 0.25) is 0 Å². The van der Waals surface area contributed by atoms with Gasteiger partial charge in [0.05, 0.1) is 5.69 Å². The van der Waals surface area contributed by atoms with Gasteiger partial charge in [-0.25, -0.2) is 0 Å². The van der Waals surface area contributed by atoms with E-state index in [2.05, 4.69) is 4.99 Å². The maximum atomic E-state index is 11.8. The number of ether oxygens (including phenoxy) is 1. The molecule has 0 saturated carbocycles. The molecule has 1 aliphatic rings. The van der Waals surface area contributed by atoms with Crippen LogP contribution >= 0.6 is 0 Å². The largest absolute Gasteiger partial charge is 0.430 e. The highest BCUT2D eigenvalue weighted by Crippen LogP contribution is 2.19. The summed E-state index contributed by atoms with van der Waals surface area (Å²) in [6.45, 7) is 3.24. The van der Waals surface area contributed by atoms with Crippen LogP contribution < -0.4 is 0 Å². The molecular weight excluding hydrogens is 230 g/mol. The third kappa shape index (κ3) is 2.53. The topological polar surface area (TPSA) is 55.7 Å². The second-order valence-electron chi connectivity index (χ2n) is 4.10. The molecule has 18 heavy (non-hydrogen) atoms. The minimum absolute atomic E-state index is 0.277. The number of aliphatic imine (C=N–C) groups is 1. The van der Waals surface area contributed by atoms with Crippen molar-refractivity contribution in [2.45, 2.75) is 13.8 Å². The highest BCUT2D eigenvalue weighted by molar-refractivity contribution is 6.23. The fraction of sp³-hybridized carbons (Fsp3) is 0.214. The predicted molar refractivity (Wildman–Crippen MR) is 67.6 cm³/mol. The summed E-state index contributed by atoms with van der Waals surface area (Å²) in [4.78, 5) is 27.7. The second kappa shape index (κ2) is 4.96. The summed E-state index contributed by atoms with van der Waals surface area (Å²) in [5, 5.41) is 0. The summed E-state index contributed by atoms with van der Waals surface area (Å²) in [7, 11) is 0. The number of carbonyl (C=O) groups is 2. The van der Waals surface area contributed by atoms with Crippen LogP contribution in [0.1, 0.15) is 13.8 Å². The van der Waals surface area contributed by atoms with Crippen LogP contribution in [0.15, 0.2) is 47.2 Å². The van der Waals surface area contributed by atoms with Gasteiger partial charge in [0.15, 0.2) is 11.7 Å². The molecule has 2 rings (SSSR count). The molecule has 1 atom stereocenters. The standard InChI is InChI=1S/C14H13NO3/c1-9-8-12(16)13(14(17)18-9)10(2)15-11-6-4-3-5-7-11/h3-8,13H,1-2H3/t13-/m0/s1. The number of allylic oxidation sites excluding steroid dienone is 2. The Balaban J connectivity index is 2.29. The zero-order chi connectivity index (χ0) is 13.1. The van der Waals surface area contributed by atoms with E-state index in [9.17, 15) is 9.59 Å². The number of hydrogen-bond donors (Lipinski definition) is 0. The summed E-state index contributed by atoms with van der Waals surface area (Å²) in [6.07, 6.45) is 1.33. The van der Waals surface area contributed by atoms with Crippen molar-refractivity contribution in [1.29, 1.82) is 0 Å². The highest BCUT2D eigenvalue weighted by Gasteiger charge is 2.33. The first kappa shape index (κ1) is 12.2. The van der Waals surface area contributed by atoms with Gasteiger partial charge in [-0.05, 0) is 26.0 Å². The Bertz CT molecular complexity index is 543. The van der Waals surface area contributed by atoms with Crippen LogP contribution in [-0.4, -0.2) is 17.5 Å². The van der Waals surface area contributed by atoms with Gasteiger partial charge >= 0.3 is 5.97 Å². The van der Waals surface area contributed by atoms with Gasteiger partial charge in [-0.2, -0.15) is 0 Å². The molecule has 0 fully saturated rings. The number of ketones is 1. The Labute approximate surface area is 105 Å². The lowest BCUT2D eigenvalue weighted by atomic mass is 9.96. The summed E-state index contributed by atoms with van der Waals surface area (Å²) in [5.41, 5.74) is 1.15. The van der Waals surface area contributed by atoms with Gasteiger partial charge in [-0.15, -0.1) is 0 Å². The van der Waals surface area contributed by atoms with Gasteiger partial charge in [0, 0.05) is 11.8 Å². The molecule has 0 amide bonds. The second-order valence-corrected chi connectivity index (χ2v) is 4.10. The van der Waals surface area contributed by atoms with Gasteiger partial charge in [0.1, 0.15) is 5.76 Å². The Morgan fingerprint density at radius 1 is 1.22 bits per heavy atom. The Morgan fingerprint density at radius 2 is 1.89 bits per heavy atom. The van der Waals surface area contributed by atoms with Gasteiger partial charge in [0.25, 0.3) is 0 Å². The molecule has 0 N–H and O–H groups in total. The van der Waals surface area contributed by atoms with E-state index in [0.29, 0.717) is 17.2 Å². The first-order chi connectivity index (χ1) is 8.58. The minimum Gasteiger partial charge on any atom is -0.430 e. The fourth-order valence-electron chi connectivity index (χ4n) is 1.79. The van der Waals surface area contributed by atoms with Crippen molar-refractivity contribution in [2.75, 3.05) is 0 Å². The molecule has 92 valence electrons. The van der Waals surface area contributed by atoms with E-state index in [1.54, 1.807) is 13.8 Å². The lowest BCUT2D eigenvalue weighted by Gasteiger charge is -2.18. The lowest BCUT2D eigenvalue weighted by molar-refractivity contribution is -0.146. The van der Waals surface area contributed by atoms with Crippen LogP contribution in [0, 0.1) is 5.92 Å². The third-order valence-electron chi connectivity index (χ3n) is 2.61. The molecule has 0 radical (unpaired) electrons. The maximum absolute atomic E-state index is 11.8. The molecule has 1 heterocycles. The monoisotopic (exact) mass is 243 g/mol. The number of para-hydroxylation sites is 1. The van der Waals surface area contributed by atoms with Crippen LogP contribution in [0.25, 0.3) is 0 Å². The van der Waals surface area contributed by atoms with E-state index >= 15 is 0 Å². The normalized spacial score (nSPS) is 20.4. The molecule has 0 aliphatic carbocycles. The van der Waals surface area contributed by atoms with E-state index < -0.39 is 11.9 Å². The van der Waals surface area contributed by atoms with Crippen molar-refractivity contribution in [1.82, 2.24) is 0 Å². The van der Waals surface area contributed by atoms with Crippen LogP contribution in [0.2, 0.25) is 0 Å². The molecule has 1 aromatic carbocycles. The van der Waals surface area contributed by atoms with Gasteiger partial charge < -0.3 is 4.74 Å². The highest BCUT2D eigenvalue weighted by atomic mass is 16.5. The van der Waals surface area contributed by atoms with Crippen molar-refractivity contribution in [3.8, 4) is 0 Å². The maximum Gasteiger partial charge on any atom is 0.327 e. The zero-order valence-corrected chi connectivity index (χ0v) is 10.2. The van der Waals surface area contributed by atoms with Crippen LogP contribution in [0.3, 0.4) is 0 Å². The molecular formula is C14H13NO3. The molecule has 0 saturated heterocycles. The Morgan fingerprint density at radius 3 is 2.50 bits per heavy atom. The smallest absolute Gasteiger partial charge is 0.327 e. The molecule has 0 bridgehead atoms. The van der Waals surface area contributed by atoms with Crippen LogP contribution in [0.4, 0.5) is 5.69 Å². The number of hydrogen-bond acceptors (Lipinski definition) is 4. The number of cyclic esters (lactones) is 1. The van der Waals surface area contributed by atoms with Gasteiger partial charge in [-0.3, -0.25) is 14.6 Å². The summed E-state index contributed by atoms with van der Waals surface area (Å²) >= 11 is 0. The van der Waals surface area contributed by atoms with E-state index in [1.807, 2.05) is 30.3 Å². The van der Waals surface area contributed by atoms with Crippen molar-refractivity contribution in [3.05, 3.63) is 42.2 Å². The average Bonchev–Trinajstić information content (AvgIpc) is 2.28. The summed E-state index contributed by atoms with van der Waals surface area (Å²) in [5.74, 6) is -1.43. The molecule has 1 aromatic rings. The quantitative estimate of drug-likeness (QED) is 0.455. The molecule has 4 heteroatoms. The summed E-state index contributed by atoms with van der Waals surface area (Å²) in [6, 6.07) is 9.18. The molecule has 4 nitrogen and oxygen atoms in total. The molecule has 1 aliphatic heterocycles. The average molecular weight is 243 g/mol. The first-order valence-electron chi connectivity index (χ1n) is 5.62. The number of benzene rings is 1. The fourth-order valence-corrected chi connectivity index (χ4v) is 1.79. The van der Waals surface area contributed by atoms with Crippen molar-refractivity contribution in [3.63, 3.8) is 0 Å². The summed E-state index contributed by atoms with van der Waals surface area (Å²) < 4.78 is 4.95. The van der Waals surface area contributed by atoms with E-state index in [-0.39, 0.29) is 5.78 Å². The number of esters is 1. The number of nitrogens with zero attached hydrogens (tertiary/aromatic N) is 1. The van der Waals surface area contributed by atoms with Crippen LogP contribution in [0.5, 0.6) is 0 Å². The number of rotatable bonds is 2. The lowest BCUT2D eigenvalue weighted by Crippen LogP contribution is -2.34. The third-order valence-corrected chi connectivity index (χ3v) is 2.61. The minimum atomic E-state index is -0.922. The Kier molecular flexibility index (Phi) is 3.37.